The lowest BCUT2D eigenvalue weighted by Gasteiger charge is -2.13. The molecule has 1 heterocycles. The molecule has 4 aromatic rings. The molecule has 0 radical (unpaired) electrons. The maximum Gasteiger partial charge on any atom is 0.220 e. The number of fused-ring (bicyclic) bond motifs is 1. The summed E-state index contributed by atoms with van der Waals surface area (Å²) >= 11 is 0. The summed E-state index contributed by atoms with van der Waals surface area (Å²) in [5.74, 6) is -0.218. The van der Waals surface area contributed by atoms with Crippen LogP contribution in [0.15, 0.2) is 66.7 Å². The third kappa shape index (κ3) is 3.02. The van der Waals surface area contributed by atoms with E-state index >= 15 is 0 Å². The van der Waals surface area contributed by atoms with Crippen LogP contribution in [0, 0.1) is 26.6 Å². The minimum absolute atomic E-state index is 0.218. The van der Waals surface area contributed by atoms with Crippen LogP contribution in [0.1, 0.15) is 18.2 Å². The highest BCUT2D eigenvalue weighted by Crippen LogP contribution is 2.34. The standard InChI is InChI=1S/C25H23FN/c1-16-10-11-21-20(12-16)14-18(3)27(4)25(21)22-15-23(24(26)13-17(22)2)19-8-6-5-7-9-19/h5-15H,1-4H3/q+1/i14D. The van der Waals surface area contributed by atoms with E-state index in [4.69, 9.17) is 1.37 Å². The Morgan fingerprint density at radius 2 is 1.63 bits per heavy atom. The summed E-state index contributed by atoms with van der Waals surface area (Å²) in [6.45, 7) is 5.94. The molecule has 2 heteroatoms. The molecule has 0 unspecified atom stereocenters. The second-order valence-corrected chi connectivity index (χ2v) is 7.18. The van der Waals surface area contributed by atoms with Gasteiger partial charge < -0.3 is 0 Å². The molecular weight excluding hydrogens is 333 g/mol. The molecule has 0 atom stereocenters. The Kier molecular flexibility index (Phi) is 3.97. The Morgan fingerprint density at radius 1 is 0.889 bits per heavy atom. The van der Waals surface area contributed by atoms with Crippen LogP contribution in [0.25, 0.3) is 33.2 Å². The van der Waals surface area contributed by atoms with Gasteiger partial charge in [-0.2, -0.15) is 4.57 Å². The van der Waals surface area contributed by atoms with Gasteiger partial charge in [-0.1, -0.05) is 48.0 Å². The zero-order valence-electron chi connectivity index (χ0n) is 17.1. The average molecular weight is 357 g/mol. The number of aryl methyl sites for hydroxylation is 2. The van der Waals surface area contributed by atoms with Gasteiger partial charge in [0.25, 0.3) is 0 Å². The van der Waals surface area contributed by atoms with E-state index in [1.54, 1.807) is 6.07 Å². The first-order valence-corrected chi connectivity index (χ1v) is 9.14. The van der Waals surface area contributed by atoms with Crippen molar-refractivity contribution in [1.82, 2.24) is 0 Å². The largest absolute Gasteiger partial charge is 0.220 e. The van der Waals surface area contributed by atoms with Crippen molar-refractivity contribution >= 4 is 10.8 Å². The van der Waals surface area contributed by atoms with Crippen LogP contribution in [0.5, 0.6) is 0 Å². The molecule has 27 heavy (non-hydrogen) atoms. The molecule has 1 nitrogen and oxygen atoms in total. The predicted octanol–water partition coefficient (Wildman–Crippen LogP) is 6.06. The first-order chi connectivity index (χ1) is 13.4. The van der Waals surface area contributed by atoms with Crippen molar-refractivity contribution in [1.29, 1.82) is 0 Å². The van der Waals surface area contributed by atoms with Gasteiger partial charge in [0.05, 0.1) is 12.3 Å². The lowest BCUT2D eigenvalue weighted by Crippen LogP contribution is -2.35. The molecule has 0 saturated carbocycles. The van der Waals surface area contributed by atoms with Crippen LogP contribution in [-0.2, 0) is 7.05 Å². The molecule has 0 aliphatic rings. The fourth-order valence-corrected chi connectivity index (χ4v) is 3.69. The lowest BCUT2D eigenvalue weighted by atomic mass is 9.94. The summed E-state index contributed by atoms with van der Waals surface area (Å²) in [7, 11) is 1.98. The van der Waals surface area contributed by atoms with Gasteiger partial charge in [0.1, 0.15) is 12.9 Å². The van der Waals surface area contributed by atoms with E-state index in [9.17, 15) is 4.39 Å². The van der Waals surface area contributed by atoms with E-state index in [1.165, 1.54) is 0 Å². The molecule has 3 aromatic carbocycles. The number of pyridine rings is 1. The van der Waals surface area contributed by atoms with E-state index < -0.39 is 0 Å². The van der Waals surface area contributed by atoms with Gasteiger partial charge in [0, 0.05) is 18.5 Å². The third-order valence-corrected chi connectivity index (χ3v) is 5.24. The van der Waals surface area contributed by atoms with Crippen molar-refractivity contribution < 1.29 is 10.3 Å². The van der Waals surface area contributed by atoms with Crippen molar-refractivity contribution in [2.45, 2.75) is 20.8 Å². The third-order valence-electron chi connectivity index (χ3n) is 5.24. The van der Waals surface area contributed by atoms with Gasteiger partial charge >= 0.3 is 0 Å². The minimum atomic E-state index is -0.218. The van der Waals surface area contributed by atoms with E-state index in [2.05, 4.69) is 22.8 Å². The Bertz CT molecular complexity index is 1210. The maximum atomic E-state index is 14.8. The Hall–Kier alpha value is -3.00. The summed E-state index contributed by atoms with van der Waals surface area (Å²) in [6.07, 6.45) is 0. The van der Waals surface area contributed by atoms with Crippen molar-refractivity contribution in [3.05, 3.63) is 89.3 Å². The van der Waals surface area contributed by atoms with Crippen molar-refractivity contribution in [2.75, 3.05) is 0 Å². The van der Waals surface area contributed by atoms with E-state index in [0.29, 0.717) is 11.6 Å². The quantitative estimate of drug-likeness (QED) is 0.384. The number of aromatic nitrogens is 1. The van der Waals surface area contributed by atoms with Crippen LogP contribution in [0.4, 0.5) is 4.39 Å². The Morgan fingerprint density at radius 3 is 2.37 bits per heavy atom. The average Bonchev–Trinajstić information content (AvgIpc) is 2.69. The Balaban J connectivity index is 2.09. The number of benzene rings is 3. The lowest BCUT2D eigenvalue weighted by molar-refractivity contribution is -0.665. The molecule has 0 spiro atoms. The minimum Gasteiger partial charge on any atom is -0.206 e. The molecule has 0 fully saturated rings. The smallest absolute Gasteiger partial charge is 0.206 e. The summed E-state index contributed by atoms with van der Waals surface area (Å²) < 4.78 is 25.4. The monoisotopic (exact) mass is 357 g/mol. The molecule has 134 valence electrons. The maximum absolute atomic E-state index is 14.8. The van der Waals surface area contributed by atoms with E-state index in [-0.39, 0.29) is 5.82 Å². The summed E-state index contributed by atoms with van der Waals surface area (Å²) in [5, 5.41) is 1.94. The molecule has 1 aromatic heterocycles. The second-order valence-electron chi connectivity index (χ2n) is 7.18. The van der Waals surface area contributed by atoms with Crippen LogP contribution in [-0.4, -0.2) is 0 Å². The summed E-state index contributed by atoms with van der Waals surface area (Å²) in [4.78, 5) is 0. The van der Waals surface area contributed by atoms with E-state index in [1.807, 2.05) is 64.2 Å². The van der Waals surface area contributed by atoms with Gasteiger partial charge in [-0.25, -0.2) is 4.39 Å². The number of hydrogen-bond donors (Lipinski definition) is 0. The molecule has 0 amide bonds. The number of nitrogens with zero attached hydrogens (tertiary/aromatic N) is 1. The highest BCUT2D eigenvalue weighted by molar-refractivity contribution is 5.95. The summed E-state index contributed by atoms with van der Waals surface area (Å²) in [6, 6.07) is 19.9. The first-order valence-electron chi connectivity index (χ1n) is 9.64. The highest BCUT2D eigenvalue weighted by atomic mass is 19.1. The van der Waals surface area contributed by atoms with Gasteiger partial charge in [0.15, 0.2) is 5.69 Å². The number of hydrogen-bond acceptors (Lipinski definition) is 0. The second kappa shape index (κ2) is 6.62. The van der Waals surface area contributed by atoms with Crippen LogP contribution in [0.3, 0.4) is 0 Å². The summed E-state index contributed by atoms with van der Waals surface area (Å²) in [5.41, 5.74) is 6.34. The number of rotatable bonds is 2. The van der Waals surface area contributed by atoms with E-state index in [0.717, 1.165) is 44.4 Å². The van der Waals surface area contributed by atoms with Crippen molar-refractivity contribution in [3.8, 4) is 22.4 Å². The van der Waals surface area contributed by atoms with Gasteiger partial charge in [0.2, 0.25) is 5.69 Å². The van der Waals surface area contributed by atoms with Gasteiger partial charge in [-0.3, -0.25) is 0 Å². The van der Waals surface area contributed by atoms with Gasteiger partial charge in [-0.05, 0) is 48.6 Å². The van der Waals surface area contributed by atoms with Crippen molar-refractivity contribution in [2.24, 2.45) is 7.05 Å². The SMILES string of the molecule is [2H]c1c(C)[n+](C)c(-c2cc(-c3ccccc3)c(F)cc2C)c2ccc(C)cc12. The molecule has 0 N–H and O–H groups in total. The number of halogens is 1. The molecule has 0 aliphatic heterocycles. The van der Waals surface area contributed by atoms with Crippen LogP contribution in [0.2, 0.25) is 0 Å². The topological polar surface area (TPSA) is 3.88 Å². The molecule has 4 rings (SSSR count). The molecule has 0 aliphatic carbocycles. The highest BCUT2D eigenvalue weighted by Gasteiger charge is 2.21. The van der Waals surface area contributed by atoms with Crippen molar-refractivity contribution in [3.63, 3.8) is 0 Å². The molecule has 0 saturated heterocycles. The molecular formula is C25H23FN+. The predicted molar refractivity (Wildman–Crippen MR) is 110 cm³/mol. The zero-order chi connectivity index (χ0) is 20.0. The first kappa shape index (κ1) is 16.2. The fraction of sp³-hybridized carbons (Fsp3) is 0.160. The normalized spacial score (nSPS) is 11.7. The van der Waals surface area contributed by atoms with Crippen LogP contribution < -0.4 is 4.57 Å². The van der Waals surface area contributed by atoms with Gasteiger partial charge in [-0.15, -0.1) is 0 Å². The Labute approximate surface area is 161 Å². The van der Waals surface area contributed by atoms with Crippen LogP contribution >= 0.6 is 0 Å². The zero-order valence-corrected chi connectivity index (χ0v) is 16.1. The fourth-order valence-electron chi connectivity index (χ4n) is 3.69. The molecule has 0 bridgehead atoms.